The van der Waals surface area contributed by atoms with Crippen LogP contribution in [0.1, 0.15) is 24.1 Å². The van der Waals surface area contributed by atoms with Crippen molar-refractivity contribution in [2.45, 2.75) is 23.6 Å². The molecule has 0 fully saturated rings. The summed E-state index contributed by atoms with van der Waals surface area (Å²) in [6, 6.07) is 13.7. The topological polar surface area (TPSA) is 12.0 Å². The summed E-state index contributed by atoms with van der Waals surface area (Å²) in [5.41, 5.74) is 1.86. The maximum absolute atomic E-state index is 13.8. The maximum atomic E-state index is 13.8. The van der Waals surface area contributed by atoms with Gasteiger partial charge >= 0.3 is 0 Å². The van der Waals surface area contributed by atoms with Gasteiger partial charge < -0.3 is 5.32 Å². The first-order chi connectivity index (χ1) is 9.61. The number of halogens is 2. The summed E-state index contributed by atoms with van der Waals surface area (Å²) in [5, 5.41) is 3.39. The molecule has 0 radical (unpaired) electrons. The minimum Gasteiger partial charge on any atom is -0.313 e. The van der Waals surface area contributed by atoms with Crippen molar-refractivity contribution in [2.24, 2.45) is 0 Å². The summed E-state index contributed by atoms with van der Waals surface area (Å²) in [6.45, 7) is 2.11. The smallest absolute Gasteiger partial charge is 0.145 e. The van der Waals surface area contributed by atoms with E-state index in [4.69, 9.17) is 11.6 Å². The standard InChI is InChI=1S/C16H17ClFNS/c1-11(19-2)12-5-3-7-14(9-12)20-10-13-6-4-8-15(17)16(13)18/h3-9,11,19H,10H2,1-2H3. The van der Waals surface area contributed by atoms with Gasteiger partial charge in [-0.05, 0) is 43.3 Å². The molecule has 0 heterocycles. The van der Waals surface area contributed by atoms with Crippen LogP contribution in [0, 0.1) is 5.82 Å². The van der Waals surface area contributed by atoms with E-state index >= 15 is 0 Å². The highest BCUT2D eigenvalue weighted by molar-refractivity contribution is 7.98. The maximum Gasteiger partial charge on any atom is 0.145 e. The summed E-state index contributed by atoms with van der Waals surface area (Å²) >= 11 is 7.40. The number of benzene rings is 2. The molecule has 0 aromatic heterocycles. The van der Waals surface area contributed by atoms with Crippen molar-refractivity contribution < 1.29 is 4.39 Å². The third-order valence-electron chi connectivity index (χ3n) is 3.22. The van der Waals surface area contributed by atoms with Gasteiger partial charge in [-0.3, -0.25) is 0 Å². The third kappa shape index (κ3) is 3.75. The molecule has 2 rings (SSSR count). The largest absolute Gasteiger partial charge is 0.313 e. The van der Waals surface area contributed by atoms with Crippen LogP contribution < -0.4 is 5.32 Å². The lowest BCUT2D eigenvalue weighted by atomic mass is 10.1. The quantitative estimate of drug-likeness (QED) is 0.775. The number of nitrogens with one attached hydrogen (secondary N) is 1. The molecule has 1 unspecified atom stereocenters. The van der Waals surface area contributed by atoms with Gasteiger partial charge in [0.15, 0.2) is 0 Å². The Morgan fingerprint density at radius 1 is 1.25 bits per heavy atom. The Bertz CT molecular complexity index is 588. The Balaban J connectivity index is 2.09. The molecule has 1 atom stereocenters. The highest BCUT2D eigenvalue weighted by Gasteiger charge is 2.08. The fraction of sp³-hybridized carbons (Fsp3) is 0.250. The highest BCUT2D eigenvalue weighted by atomic mass is 35.5. The van der Waals surface area contributed by atoms with Crippen LogP contribution in [0.2, 0.25) is 5.02 Å². The van der Waals surface area contributed by atoms with Crippen LogP contribution in [0.4, 0.5) is 4.39 Å². The van der Waals surface area contributed by atoms with Gasteiger partial charge in [-0.25, -0.2) is 4.39 Å². The van der Waals surface area contributed by atoms with Crippen molar-refractivity contribution >= 4 is 23.4 Å². The molecule has 0 amide bonds. The van der Waals surface area contributed by atoms with Crippen molar-refractivity contribution in [2.75, 3.05) is 7.05 Å². The second kappa shape index (κ2) is 7.11. The van der Waals surface area contributed by atoms with Crippen LogP contribution in [0.25, 0.3) is 0 Å². The fourth-order valence-electron chi connectivity index (χ4n) is 1.86. The molecule has 1 N–H and O–H groups in total. The Morgan fingerprint density at radius 3 is 2.75 bits per heavy atom. The molecule has 20 heavy (non-hydrogen) atoms. The van der Waals surface area contributed by atoms with E-state index in [1.165, 1.54) is 5.56 Å². The van der Waals surface area contributed by atoms with Crippen LogP contribution in [-0.4, -0.2) is 7.05 Å². The molecular formula is C16H17ClFNS. The highest BCUT2D eigenvalue weighted by Crippen LogP contribution is 2.28. The van der Waals surface area contributed by atoms with E-state index in [1.54, 1.807) is 30.0 Å². The lowest BCUT2D eigenvalue weighted by molar-refractivity contribution is 0.618. The predicted octanol–water partition coefficient (Wildman–Crippen LogP) is 5.05. The van der Waals surface area contributed by atoms with Crippen LogP contribution in [0.3, 0.4) is 0 Å². The first kappa shape index (κ1) is 15.4. The van der Waals surface area contributed by atoms with Gasteiger partial charge in [0.1, 0.15) is 5.82 Å². The SMILES string of the molecule is CNC(C)c1cccc(SCc2cccc(Cl)c2F)c1. The van der Waals surface area contributed by atoms with Crippen molar-refractivity contribution in [3.8, 4) is 0 Å². The molecular weight excluding hydrogens is 293 g/mol. The van der Waals surface area contributed by atoms with E-state index in [0.717, 1.165) is 4.90 Å². The van der Waals surface area contributed by atoms with Gasteiger partial charge in [-0.2, -0.15) is 0 Å². The predicted molar refractivity (Wildman–Crippen MR) is 84.9 cm³/mol. The molecule has 4 heteroatoms. The minimum absolute atomic E-state index is 0.181. The summed E-state index contributed by atoms with van der Waals surface area (Å²) in [4.78, 5) is 1.13. The van der Waals surface area contributed by atoms with Gasteiger partial charge in [0.05, 0.1) is 5.02 Å². The zero-order valence-electron chi connectivity index (χ0n) is 11.5. The van der Waals surface area contributed by atoms with E-state index in [2.05, 4.69) is 24.4 Å². The van der Waals surface area contributed by atoms with E-state index in [1.807, 2.05) is 19.2 Å². The lowest BCUT2D eigenvalue weighted by Gasteiger charge is -2.12. The minimum atomic E-state index is -0.318. The molecule has 2 aromatic rings. The average Bonchev–Trinajstić information content (AvgIpc) is 2.48. The first-order valence-corrected chi connectivity index (χ1v) is 7.81. The normalized spacial score (nSPS) is 12.4. The molecule has 0 bridgehead atoms. The van der Waals surface area contributed by atoms with E-state index in [0.29, 0.717) is 17.4 Å². The Kier molecular flexibility index (Phi) is 5.46. The Hall–Kier alpha value is -1.03. The molecule has 0 aliphatic rings. The van der Waals surface area contributed by atoms with Gasteiger partial charge in [0.25, 0.3) is 0 Å². The fourth-order valence-corrected chi connectivity index (χ4v) is 2.99. The zero-order valence-corrected chi connectivity index (χ0v) is 13.1. The number of rotatable bonds is 5. The van der Waals surface area contributed by atoms with Crippen molar-refractivity contribution in [3.63, 3.8) is 0 Å². The number of hydrogen-bond donors (Lipinski definition) is 1. The van der Waals surface area contributed by atoms with E-state index in [-0.39, 0.29) is 10.8 Å². The molecule has 2 aromatic carbocycles. The second-order valence-electron chi connectivity index (χ2n) is 4.58. The van der Waals surface area contributed by atoms with Crippen molar-refractivity contribution in [1.82, 2.24) is 5.32 Å². The monoisotopic (exact) mass is 309 g/mol. The Labute approximate surface area is 128 Å². The summed E-state index contributed by atoms with van der Waals surface area (Å²) < 4.78 is 13.8. The van der Waals surface area contributed by atoms with Crippen LogP contribution >= 0.6 is 23.4 Å². The summed E-state index contributed by atoms with van der Waals surface area (Å²) in [7, 11) is 1.94. The molecule has 106 valence electrons. The van der Waals surface area contributed by atoms with E-state index < -0.39 is 0 Å². The van der Waals surface area contributed by atoms with Crippen molar-refractivity contribution in [1.29, 1.82) is 0 Å². The third-order valence-corrected chi connectivity index (χ3v) is 4.55. The van der Waals surface area contributed by atoms with Crippen molar-refractivity contribution in [3.05, 3.63) is 64.4 Å². The van der Waals surface area contributed by atoms with Crippen LogP contribution in [0.5, 0.6) is 0 Å². The van der Waals surface area contributed by atoms with Gasteiger partial charge in [0, 0.05) is 16.7 Å². The first-order valence-electron chi connectivity index (χ1n) is 6.44. The van der Waals surface area contributed by atoms with Gasteiger partial charge in [-0.15, -0.1) is 11.8 Å². The molecule has 0 saturated heterocycles. The van der Waals surface area contributed by atoms with Crippen LogP contribution in [0.15, 0.2) is 47.4 Å². The summed E-state index contributed by atoms with van der Waals surface area (Å²) in [6.07, 6.45) is 0. The summed E-state index contributed by atoms with van der Waals surface area (Å²) in [5.74, 6) is 0.255. The zero-order chi connectivity index (χ0) is 14.5. The number of hydrogen-bond acceptors (Lipinski definition) is 2. The molecule has 0 aliphatic heterocycles. The van der Waals surface area contributed by atoms with Crippen LogP contribution in [-0.2, 0) is 5.75 Å². The molecule has 0 saturated carbocycles. The second-order valence-corrected chi connectivity index (χ2v) is 6.04. The molecule has 0 spiro atoms. The molecule has 1 nitrogen and oxygen atoms in total. The Morgan fingerprint density at radius 2 is 2.00 bits per heavy atom. The number of thioether (sulfide) groups is 1. The lowest BCUT2D eigenvalue weighted by Crippen LogP contribution is -2.11. The van der Waals surface area contributed by atoms with Gasteiger partial charge in [0.2, 0.25) is 0 Å². The van der Waals surface area contributed by atoms with Gasteiger partial charge in [-0.1, -0.05) is 35.9 Å². The average molecular weight is 310 g/mol. The van der Waals surface area contributed by atoms with E-state index in [9.17, 15) is 4.39 Å². The molecule has 0 aliphatic carbocycles.